The van der Waals surface area contributed by atoms with Gasteiger partial charge < -0.3 is 9.64 Å². The van der Waals surface area contributed by atoms with Crippen LogP contribution in [0.25, 0.3) is 0 Å². The van der Waals surface area contributed by atoms with Gasteiger partial charge in [0, 0.05) is 30.0 Å². The van der Waals surface area contributed by atoms with Gasteiger partial charge in [0.15, 0.2) is 0 Å². The summed E-state index contributed by atoms with van der Waals surface area (Å²) in [4.78, 5) is 27.7. The van der Waals surface area contributed by atoms with Crippen LogP contribution in [0.1, 0.15) is 35.1 Å². The number of carbonyl (C=O) groups excluding carboxylic acids is 2. The van der Waals surface area contributed by atoms with Gasteiger partial charge in [-0.25, -0.2) is 4.79 Å². The van der Waals surface area contributed by atoms with E-state index in [1.807, 2.05) is 84.9 Å². The molecule has 2 heterocycles. The average molecular weight is 577 g/mol. The lowest BCUT2D eigenvalue weighted by Crippen LogP contribution is -2.49. The summed E-state index contributed by atoms with van der Waals surface area (Å²) in [6.07, 6.45) is 0.781. The van der Waals surface area contributed by atoms with Crippen molar-refractivity contribution in [2.45, 2.75) is 31.0 Å². The summed E-state index contributed by atoms with van der Waals surface area (Å²) in [5, 5.41) is 3.76. The molecule has 1 saturated heterocycles. The number of hydrogen-bond acceptors (Lipinski definition) is 5. The summed E-state index contributed by atoms with van der Waals surface area (Å²) < 4.78 is 19.4. The van der Waals surface area contributed by atoms with Crippen LogP contribution in [0.5, 0.6) is 0 Å². The van der Waals surface area contributed by atoms with E-state index in [-0.39, 0.29) is 30.0 Å². The Kier molecular flexibility index (Phi) is 8.13. The van der Waals surface area contributed by atoms with Gasteiger partial charge in [0.2, 0.25) is 5.91 Å². The Morgan fingerprint density at radius 1 is 0.786 bits per heavy atom. The molecule has 1 N–H and O–H groups in total. The van der Waals surface area contributed by atoms with Crippen molar-refractivity contribution in [3.8, 4) is 0 Å². The van der Waals surface area contributed by atoms with Crippen molar-refractivity contribution in [3.63, 3.8) is 0 Å². The van der Waals surface area contributed by atoms with Gasteiger partial charge in [-0.3, -0.25) is 14.3 Å². The molecule has 4 aromatic carbocycles. The Morgan fingerprint density at radius 3 is 1.79 bits per heavy atom. The van der Waals surface area contributed by atoms with E-state index in [1.54, 1.807) is 0 Å². The number of nitrogens with one attached hydrogen (secondary N) is 1. The number of benzene rings is 4. The number of esters is 1. The topological polar surface area (TPSA) is 75.7 Å². The molecule has 212 valence electrons. The van der Waals surface area contributed by atoms with Crippen LogP contribution in [0.4, 0.5) is 0 Å². The fourth-order valence-electron chi connectivity index (χ4n) is 5.93. The van der Waals surface area contributed by atoms with Crippen LogP contribution >= 0.6 is 0 Å². The van der Waals surface area contributed by atoms with E-state index >= 15 is 0 Å². The first-order valence-electron chi connectivity index (χ1n) is 14.1. The minimum Gasteiger partial charge on any atom is -0.456 e. The lowest BCUT2D eigenvalue weighted by molar-refractivity contribution is -0.150. The van der Waals surface area contributed by atoms with Gasteiger partial charge in [-0.05, 0) is 22.3 Å². The zero-order chi connectivity index (χ0) is 28.9. The molecule has 0 aromatic heterocycles. The Balaban J connectivity index is 1.27. The highest BCUT2D eigenvalue weighted by Crippen LogP contribution is 2.41. The van der Waals surface area contributed by atoms with Crippen LogP contribution in [-0.2, 0) is 37.3 Å². The smallest absolute Gasteiger partial charge is 0.356 e. The monoisotopic (exact) mass is 576 g/mol. The minimum atomic E-state index is -1.49. The second-order valence-electron chi connectivity index (χ2n) is 10.5. The Hall–Kier alpha value is -4.33. The van der Waals surface area contributed by atoms with Crippen molar-refractivity contribution >= 4 is 22.7 Å². The summed E-state index contributed by atoms with van der Waals surface area (Å²) in [6, 6.07) is 40.0. The quantitative estimate of drug-likeness (QED) is 0.150. The summed E-state index contributed by atoms with van der Waals surface area (Å²) in [7, 11) is -1.49. The van der Waals surface area contributed by atoms with Crippen molar-refractivity contribution < 1.29 is 18.5 Å². The largest absolute Gasteiger partial charge is 0.456 e. The lowest BCUT2D eigenvalue weighted by atomic mass is 9.77. The molecule has 0 aliphatic carbocycles. The molecule has 7 heteroatoms. The molecule has 0 radical (unpaired) electrons. The van der Waals surface area contributed by atoms with E-state index in [2.05, 4.69) is 41.7 Å². The van der Waals surface area contributed by atoms with Gasteiger partial charge in [-0.2, -0.15) is 0 Å². The molecule has 2 aliphatic heterocycles. The van der Waals surface area contributed by atoms with E-state index < -0.39 is 22.3 Å². The molecule has 2 atom stereocenters. The average Bonchev–Trinajstić information content (AvgIpc) is 3.36. The van der Waals surface area contributed by atoms with Crippen LogP contribution in [0.2, 0.25) is 0 Å². The third-order valence-corrected chi connectivity index (χ3v) is 9.43. The first-order valence-corrected chi connectivity index (χ1v) is 15.5. The van der Waals surface area contributed by atoms with Gasteiger partial charge in [0.25, 0.3) is 0 Å². The van der Waals surface area contributed by atoms with Crippen LogP contribution in [0.3, 0.4) is 0 Å². The van der Waals surface area contributed by atoms with Gasteiger partial charge in [-0.15, -0.1) is 0 Å². The van der Waals surface area contributed by atoms with E-state index in [4.69, 9.17) is 4.74 Å². The standard InChI is InChI=1S/C35H32N2O4S/c38-32-24-30-23-31(33(37(30)32)34(39)41-25-26-13-5-1-6-14-26)42(40)22-21-36-35(27-15-7-2-8-16-27,28-17-9-3-10-18-28)29-19-11-4-12-20-29/h1-20,30,36H,21-25H2. The number of hydrogen-bond donors (Lipinski definition) is 1. The molecule has 4 aromatic rings. The second-order valence-corrected chi connectivity index (χ2v) is 12.1. The van der Waals surface area contributed by atoms with Crippen molar-refractivity contribution in [1.29, 1.82) is 0 Å². The van der Waals surface area contributed by atoms with Crippen LogP contribution in [0.15, 0.2) is 132 Å². The highest BCUT2D eigenvalue weighted by Gasteiger charge is 2.49. The third kappa shape index (κ3) is 5.33. The maximum atomic E-state index is 13.8. The summed E-state index contributed by atoms with van der Waals surface area (Å²) in [5.41, 5.74) is 3.51. The lowest BCUT2D eigenvalue weighted by Gasteiger charge is -2.37. The summed E-state index contributed by atoms with van der Waals surface area (Å²) in [6.45, 7) is 0.491. The number of rotatable bonds is 11. The normalized spacial score (nSPS) is 17.0. The molecule has 1 amide bonds. The Labute approximate surface area is 248 Å². The molecule has 6 rings (SSSR count). The van der Waals surface area contributed by atoms with E-state index in [0.717, 1.165) is 22.3 Å². The van der Waals surface area contributed by atoms with Crippen molar-refractivity contribution in [1.82, 2.24) is 10.2 Å². The van der Waals surface area contributed by atoms with Gasteiger partial charge in [0.1, 0.15) is 12.3 Å². The van der Waals surface area contributed by atoms with Gasteiger partial charge in [-0.1, -0.05) is 121 Å². The van der Waals surface area contributed by atoms with Crippen LogP contribution < -0.4 is 5.32 Å². The molecular formula is C35H32N2O4S. The molecule has 0 spiro atoms. The van der Waals surface area contributed by atoms with Crippen LogP contribution in [-0.4, -0.2) is 39.3 Å². The predicted molar refractivity (Wildman–Crippen MR) is 163 cm³/mol. The maximum absolute atomic E-state index is 13.8. The number of fused-ring (bicyclic) bond motifs is 1. The fourth-order valence-corrected chi connectivity index (χ4v) is 7.24. The number of β-lactam (4-membered cyclic amide) rings is 1. The highest BCUT2D eigenvalue weighted by atomic mass is 32.2. The van der Waals surface area contributed by atoms with Crippen molar-refractivity contribution in [2.75, 3.05) is 12.3 Å². The van der Waals surface area contributed by atoms with E-state index in [1.165, 1.54) is 4.90 Å². The second kappa shape index (κ2) is 12.3. The first kappa shape index (κ1) is 27.8. The van der Waals surface area contributed by atoms with Gasteiger partial charge in [0.05, 0.1) is 22.4 Å². The molecule has 2 aliphatic rings. The summed E-state index contributed by atoms with van der Waals surface area (Å²) in [5.74, 6) is -0.459. The number of carbonyl (C=O) groups is 2. The van der Waals surface area contributed by atoms with Crippen molar-refractivity contribution in [2.24, 2.45) is 0 Å². The number of ether oxygens (including phenoxy) is 1. The summed E-state index contributed by atoms with van der Waals surface area (Å²) >= 11 is 0. The van der Waals surface area contributed by atoms with Crippen LogP contribution in [0, 0.1) is 0 Å². The van der Waals surface area contributed by atoms with E-state index in [9.17, 15) is 13.8 Å². The molecule has 6 nitrogen and oxygen atoms in total. The van der Waals surface area contributed by atoms with Crippen molar-refractivity contribution in [3.05, 3.63) is 154 Å². The molecule has 2 unspecified atom stereocenters. The first-order chi connectivity index (χ1) is 20.6. The molecule has 0 bridgehead atoms. The molecule has 0 saturated carbocycles. The van der Waals surface area contributed by atoms with Gasteiger partial charge >= 0.3 is 5.97 Å². The Bertz CT molecular complexity index is 1510. The number of nitrogens with zero attached hydrogens (tertiary/aromatic N) is 1. The maximum Gasteiger partial charge on any atom is 0.356 e. The van der Waals surface area contributed by atoms with E-state index in [0.29, 0.717) is 24.3 Å². The SMILES string of the molecule is O=C(OCc1ccccc1)C1=C(S(=O)CCNC(c2ccccc2)(c2ccccc2)c2ccccc2)CC2CC(=O)N12. The predicted octanol–water partition coefficient (Wildman–Crippen LogP) is 5.28. The molecular weight excluding hydrogens is 544 g/mol. The Morgan fingerprint density at radius 2 is 1.29 bits per heavy atom. The third-order valence-electron chi connectivity index (χ3n) is 7.95. The molecule has 42 heavy (non-hydrogen) atoms. The zero-order valence-corrected chi connectivity index (χ0v) is 24.0. The highest BCUT2D eigenvalue weighted by molar-refractivity contribution is 7.89. The zero-order valence-electron chi connectivity index (χ0n) is 23.1. The minimum absolute atomic E-state index is 0.0884. The fraction of sp³-hybridized carbons (Fsp3) is 0.200. The number of amides is 1. The molecule has 1 fully saturated rings.